The topological polar surface area (TPSA) is 38.3 Å². The van der Waals surface area contributed by atoms with E-state index < -0.39 is 0 Å². The van der Waals surface area contributed by atoms with Gasteiger partial charge in [0.25, 0.3) is 0 Å². The smallest absolute Gasteiger partial charge is 0.323 e. The largest absolute Gasteiger partial charge is 0.459 e. The van der Waals surface area contributed by atoms with Gasteiger partial charge in [-0.15, -0.1) is 0 Å². The van der Waals surface area contributed by atoms with Crippen LogP contribution in [0.4, 0.5) is 0 Å². The van der Waals surface area contributed by atoms with Gasteiger partial charge in [-0.2, -0.15) is 0 Å². The van der Waals surface area contributed by atoms with Gasteiger partial charge in [0.15, 0.2) is 0 Å². The van der Waals surface area contributed by atoms with E-state index in [1.807, 2.05) is 20.8 Å². The van der Waals surface area contributed by atoms with Crippen LogP contribution >= 0.6 is 0 Å². The van der Waals surface area contributed by atoms with Gasteiger partial charge in [-0.05, 0) is 45.6 Å². The van der Waals surface area contributed by atoms with Gasteiger partial charge in [0.05, 0.1) is 0 Å². The highest BCUT2D eigenvalue weighted by atomic mass is 16.6. The van der Waals surface area contributed by atoms with Crippen molar-refractivity contribution in [1.82, 2.24) is 5.32 Å². The minimum atomic E-state index is -0.370. The Morgan fingerprint density at radius 2 is 1.94 bits per heavy atom. The average molecular weight is 225 g/mol. The Morgan fingerprint density at radius 3 is 2.44 bits per heavy atom. The molecule has 0 radical (unpaired) electrons. The summed E-state index contributed by atoms with van der Waals surface area (Å²) in [6, 6.07) is -0.0514. The molecule has 16 heavy (non-hydrogen) atoms. The van der Waals surface area contributed by atoms with E-state index >= 15 is 0 Å². The van der Waals surface area contributed by atoms with Gasteiger partial charge in [0.1, 0.15) is 11.6 Å². The molecule has 0 aromatic heterocycles. The second-order valence-corrected chi connectivity index (χ2v) is 6.11. The van der Waals surface area contributed by atoms with Crippen LogP contribution in [0.25, 0.3) is 0 Å². The summed E-state index contributed by atoms with van der Waals surface area (Å²) in [6.07, 6.45) is 5.06. The molecule has 1 saturated carbocycles. The molecule has 3 nitrogen and oxygen atoms in total. The molecular weight excluding hydrogens is 202 g/mol. The number of esters is 1. The SMILES string of the molecule is CC(C)(C)OC(=O)[C@@H]1NCC[C@@H]1C1CCC1. The van der Waals surface area contributed by atoms with Crippen molar-refractivity contribution in [3.8, 4) is 0 Å². The van der Waals surface area contributed by atoms with Crippen LogP contribution in [-0.2, 0) is 9.53 Å². The predicted molar refractivity (Wildman–Crippen MR) is 63.1 cm³/mol. The van der Waals surface area contributed by atoms with Crippen molar-refractivity contribution in [2.75, 3.05) is 6.54 Å². The number of carbonyl (C=O) groups excluding carboxylic acids is 1. The van der Waals surface area contributed by atoms with Gasteiger partial charge in [-0.25, -0.2) is 0 Å². The second-order valence-electron chi connectivity index (χ2n) is 6.11. The number of rotatable bonds is 2. The first-order valence-electron chi connectivity index (χ1n) is 6.43. The normalized spacial score (nSPS) is 31.2. The summed E-state index contributed by atoms with van der Waals surface area (Å²) in [4.78, 5) is 12.0. The molecule has 1 heterocycles. The van der Waals surface area contributed by atoms with Gasteiger partial charge in [0, 0.05) is 0 Å². The summed E-state index contributed by atoms with van der Waals surface area (Å²) in [5, 5.41) is 3.30. The van der Waals surface area contributed by atoms with Crippen LogP contribution in [0.15, 0.2) is 0 Å². The van der Waals surface area contributed by atoms with E-state index in [1.54, 1.807) is 0 Å². The Morgan fingerprint density at radius 1 is 1.25 bits per heavy atom. The van der Waals surface area contributed by atoms with E-state index in [9.17, 15) is 4.79 Å². The third kappa shape index (κ3) is 2.57. The molecule has 92 valence electrons. The average Bonchev–Trinajstić information content (AvgIpc) is 2.45. The molecule has 2 atom stereocenters. The third-order valence-electron chi connectivity index (χ3n) is 3.69. The highest BCUT2D eigenvalue weighted by Gasteiger charge is 2.41. The highest BCUT2D eigenvalue weighted by molar-refractivity contribution is 5.77. The zero-order chi connectivity index (χ0) is 11.8. The van der Waals surface area contributed by atoms with Gasteiger partial charge in [-0.3, -0.25) is 4.79 Å². The monoisotopic (exact) mass is 225 g/mol. The molecule has 2 fully saturated rings. The second kappa shape index (κ2) is 4.36. The highest BCUT2D eigenvalue weighted by Crippen LogP contribution is 2.39. The maximum Gasteiger partial charge on any atom is 0.323 e. The zero-order valence-corrected chi connectivity index (χ0v) is 10.6. The fraction of sp³-hybridized carbons (Fsp3) is 0.923. The fourth-order valence-corrected chi connectivity index (χ4v) is 2.72. The lowest BCUT2D eigenvalue weighted by Gasteiger charge is -2.34. The lowest BCUT2D eigenvalue weighted by Crippen LogP contribution is -2.43. The molecule has 1 N–H and O–H groups in total. The first kappa shape index (κ1) is 11.9. The van der Waals surface area contributed by atoms with Crippen LogP contribution in [0.1, 0.15) is 46.5 Å². The van der Waals surface area contributed by atoms with Crippen molar-refractivity contribution in [1.29, 1.82) is 0 Å². The van der Waals surface area contributed by atoms with Gasteiger partial charge < -0.3 is 10.1 Å². The standard InChI is InChI=1S/C13H23NO2/c1-13(2,3)16-12(15)11-10(7-8-14-11)9-5-4-6-9/h9-11,14H,4-8H2,1-3H3/t10-,11-/m1/s1. The minimum absolute atomic E-state index is 0.0514. The molecule has 3 heteroatoms. The van der Waals surface area contributed by atoms with Crippen molar-refractivity contribution in [3.63, 3.8) is 0 Å². The first-order valence-corrected chi connectivity index (χ1v) is 6.43. The number of ether oxygens (including phenoxy) is 1. The summed E-state index contributed by atoms with van der Waals surface area (Å²) in [5.74, 6) is 1.22. The van der Waals surface area contributed by atoms with E-state index in [-0.39, 0.29) is 17.6 Å². The molecule has 0 aromatic carbocycles. The number of nitrogens with one attached hydrogen (secondary N) is 1. The van der Waals surface area contributed by atoms with Crippen molar-refractivity contribution < 1.29 is 9.53 Å². The van der Waals surface area contributed by atoms with Crippen LogP contribution in [-0.4, -0.2) is 24.2 Å². The van der Waals surface area contributed by atoms with E-state index in [0.717, 1.165) is 18.9 Å². The molecule has 1 aliphatic carbocycles. The van der Waals surface area contributed by atoms with Crippen LogP contribution in [0.2, 0.25) is 0 Å². The Kier molecular flexibility index (Phi) is 3.24. The molecule has 0 spiro atoms. The number of carbonyl (C=O) groups is 1. The van der Waals surface area contributed by atoms with E-state index in [2.05, 4.69) is 5.32 Å². The predicted octanol–water partition coefficient (Wildman–Crippen LogP) is 2.11. The fourth-order valence-electron chi connectivity index (χ4n) is 2.72. The molecule has 1 aliphatic heterocycles. The van der Waals surface area contributed by atoms with Crippen molar-refractivity contribution in [2.45, 2.75) is 58.1 Å². The summed E-state index contributed by atoms with van der Waals surface area (Å²) >= 11 is 0. The molecular formula is C13H23NO2. The van der Waals surface area contributed by atoms with Crippen LogP contribution in [0, 0.1) is 11.8 Å². The Balaban J connectivity index is 1.94. The van der Waals surface area contributed by atoms with Crippen LogP contribution in [0.5, 0.6) is 0 Å². The molecule has 0 unspecified atom stereocenters. The lowest BCUT2D eigenvalue weighted by molar-refractivity contribution is -0.159. The first-order chi connectivity index (χ1) is 7.47. The Hall–Kier alpha value is -0.570. The quantitative estimate of drug-likeness (QED) is 0.731. The minimum Gasteiger partial charge on any atom is -0.459 e. The van der Waals surface area contributed by atoms with Crippen molar-refractivity contribution >= 4 is 5.97 Å². The summed E-state index contributed by atoms with van der Waals surface area (Å²) in [6.45, 7) is 6.75. The molecule has 0 bridgehead atoms. The Bertz CT molecular complexity index is 266. The third-order valence-corrected chi connectivity index (χ3v) is 3.69. The van der Waals surface area contributed by atoms with Gasteiger partial charge in [0.2, 0.25) is 0 Å². The maximum absolute atomic E-state index is 12.0. The van der Waals surface area contributed by atoms with Gasteiger partial charge >= 0.3 is 5.97 Å². The molecule has 2 rings (SSSR count). The Labute approximate surface area is 97.9 Å². The van der Waals surface area contributed by atoms with Gasteiger partial charge in [-0.1, -0.05) is 19.3 Å². The maximum atomic E-state index is 12.0. The van der Waals surface area contributed by atoms with E-state index in [0.29, 0.717) is 5.92 Å². The summed E-state index contributed by atoms with van der Waals surface area (Å²) in [7, 11) is 0. The zero-order valence-electron chi connectivity index (χ0n) is 10.6. The van der Waals surface area contributed by atoms with Crippen molar-refractivity contribution in [2.24, 2.45) is 11.8 Å². The van der Waals surface area contributed by atoms with Crippen LogP contribution in [0.3, 0.4) is 0 Å². The number of hydrogen-bond acceptors (Lipinski definition) is 3. The molecule has 0 amide bonds. The van der Waals surface area contributed by atoms with E-state index in [1.165, 1.54) is 19.3 Å². The summed E-state index contributed by atoms with van der Waals surface area (Å²) in [5.41, 5.74) is -0.370. The molecule has 2 aliphatic rings. The van der Waals surface area contributed by atoms with Crippen LogP contribution < -0.4 is 5.32 Å². The van der Waals surface area contributed by atoms with Crippen molar-refractivity contribution in [3.05, 3.63) is 0 Å². The van der Waals surface area contributed by atoms with E-state index in [4.69, 9.17) is 4.74 Å². The number of hydrogen-bond donors (Lipinski definition) is 1. The lowest BCUT2D eigenvalue weighted by atomic mass is 9.73. The summed E-state index contributed by atoms with van der Waals surface area (Å²) < 4.78 is 5.47. The molecule has 1 saturated heterocycles. The molecule has 0 aromatic rings.